The third-order valence-electron chi connectivity index (χ3n) is 4.52. The van der Waals surface area contributed by atoms with Crippen LogP contribution in [-0.2, 0) is 4.79 Å². The molecule has 0 spiro atoms. The van der Waals surface area contributed by atoms with Crippen molar-refractivity contribution in [1.82, 2.24) is 0 Å². The SMILES string of the molecule is O=C(C=Cc1ccccc1)c1ccc(OC(=O)C2CCCCC2)cc1. The highest BCUT2D eigenvalue weighted by molar-refractivity contribution is 6.06. The quantitative estimate of drug-likeness (QED) is 0.332. The normalized spacial score (nSPS) is 15.2. The van der Waals surface area contributed by atoms with Crippen LogP contribution in [0.15, 0.2) is 60.7 Å². The summed E-state index contributed by atoms with van der Waals surface area (Å²) in [5.41, 5.74) is 1.55. The van der Waals surface area contributed by atoms with Crippen LogP contribution >= 0.6 is 0 Å². The summed E-state index contributed by atoms with van der Waals surface area (Å²) in [6.45, 7) is 0. The summed E-state index contributed by atoms with van der Waals surface area (Å²) in [5, 5.41) is 0. The Hall–Kier alpha value is -2.68. The second kappa shape index (κ2) is 8.43. The number of esters is 1. The van der Waals surface area contributed by atoms with Crippen LogP contribution in [0.1, 0.15) is 48.0 Å². The van der Waals surface area contributed by atoms with Crippen LogP contribution in [0.4, 0.5) is 0 Å². The fraction of sp³-hybridized carbons (Fsp3) is 0.273. The number of ether oxygens (including phenoxy) is 1. The zero-order valence-corrected chi connectivity index (χ0v) is 14.2. The van der Waals surface area contributed by atoms with E-state index < -0.39 is 0 Å². The van der Waals surface area contributed by atoms with Gasteiger partial charge in [-0.15, -0.1) is 0 Å². The third-order valence-corrected chi connectivity index (χ3v) is 4.52. The molecule has 0 atom stereocenters. The molecule has 25 heavy (non-hydrogen) atoms. The highest BCUT2D eigenvalue weighted by atomic mass is 16.5. The van der Waals surface area contributed by atoms with Crippen LogP contribution in [0.2, 0.25) is 0 Å². The summed E-state index contributed by atoms with van der Waals surface area (Å²) < 4.78 is 5.45. The fourth-order valence-corrected chi connectivity index (χ4v) is 3.06. The number of benzene rings is 2. The molecule has 0 saturated heterocycles. The summed E-state index contributed by atoms with van der Waals surface area (Å²) in [4.78, 5) is 24.3. The second-order valence-electron chi connectivity index (χ2n) is 6.39. The first-order chi connectivity index (χ1) is 12.2. The molecule has 1 saturated carbocycles. The van der Waals surface area contributed by atoms with Crippen LogP contribution in [0, 0.1) is 5.92 Å². The van der Waals surface area contributed by atoms with Gasteiger partial charge < -0.3 is 4.74 Å². The number of ketones is 1. The Kier molecular flexibility index (Phi) is 5.78. The van der Waals surface area contributed by atoms with E-state index >= 15 is 0 Å². The van der Waals surface area contributed by atoms with Gasteiger partial charge in [0.1, 0.15) is 5.75 Å². The molecule has 3 rings (SSSR count). The fourth-order valence-electron chi connectivity index (χ4n) is 3.06. The molecule has 1 aliphatic rings. The molecule has 0 heterocycles. The maximum absolute atomic E-state index is 12.2. The number of carbonyl (C=O) groups excluding carboxylic acids is 2. The minimum Gasteiger partial charge on any atom is -0.426 e. The smallest absolute Gasteiger partial charge is 0.314 e. The number of allylic oxidation sites excluding steroid dienone is 1. The number of rotatable bonds is 5. The Balaban J connectivity index is 1.58. The van der Waals surface area contributed by atoms with Gasteiger partial charge in [-0.1, -0.05) is 55.7 Å². The van der Waals surface area contributed by atoms with Crippen LogP contribution < -0.4 is 4.74 Å². The van der Waals surface area contributed by atoms with E-state index in [-0.39, 0.29) is 17.7 Å². The lowest BCUT2D eigenvalue weighted by Gasteiger charge is -2.19. The highest BCUT2D eigenvalue weighted by Crippen LogP contribution is 2.25. The lowest BCUT2D eigenvalue weighted by Crippen LogP contribution is -2.22. The van der Waals surface area contributed by atoms with Gasteiger partial charge in [0.05, 0.1) is 5.92 Å². The van der Waals surface area contributed by atoms with Crippen molar-refractivity contribution >= 4 is 17.8 Å². The van der Waals surface area contributed by atoms with Crippen molar-refractivity contribution in [2.24, 2.45) is 5.92 Å². The van der Waals surface area contributed by atoms with E-state index in [1.807, 2.05) is 30.3 Å². The molecular formula is C22H22O3. The summed E-state index contributed by atoms with van der Waals surface area (Å²) in [7, 11) is 0. The highest BCUT2D eigenvalue weighted by Gasteiger charge is 2.22. The Morgan fingerprint density at radius 3 is 2.24 bits per heavy atom. The van der Waals surface area contributed by atoms with Crippen LogP contribution in [-0.4, -0.2) is 11.8 Å². The van der Waals surface area contributed by atoms with E-state index in [2.05, 4.69) is 0 Å². The molecule has 3 nitrogen and oxygen atoms in total. The summed E-state index contributed by atoms with van der Waals surface area (Å²) in [5.74, 6) is 0.291. The molecule has 1 fully saturated rings. The molecule has 0 amide bonds. The van der Waals surface area contributed by atoms with Crippen molar-refractivity contribution in [3.05, 3.63) is 71.8 Å². The number of hydrogen-bond donors (Lipinski definition) is 0. The zero-order valence-electron chi connectivity index (χ0n) is 14.2. The molecule has 1 aliphatic carbocycles. The van der Waals surface area contributed by atoms with Gasteiger partial charge in [0.25, 0.3) is 0 Å². The predicted molar refractivity (Wildman–Crippen MR) is 98.5 cm³/mol. The zero-order chi connectivity index (χ0) is 17.5. The number of hydrogen-bond acceptors (Lipinski definition) is 3. The summed E-state index contributed by atoms with van der Waals surface area (Å²) in [6, 6.07) is 16.4. The molecule has 0 aromatic heterocycles. The van der Waals surface area contributed by atoms with Gasteiger partial charge in [-0.25, -0.2) is 0 Å². The topological polar surface area (TPSA) is 43.4 Å². The largest absolute Gasteiger partial charge is 0.426 e. The van der Waals surface area contributed by atoms with Crippen LogP contribution in [0.5, 0.6) is 5.75 Å². The minimum absolute atomic E-state index is 0.0175. The molecular weight excluding hydrogens is 312 g/mol. The van der Waals surface area contributed by atoms with E-state index in [9.17, 15) is 9.59 Å². The van der Waals surface area contributed by atoms with E-state index in [4.69, 9.17) is 4.74 Å². The van der Waals surface area contributed by atoms with E-state index in [0.717, 1.165) is 31.2 Å². The van der Waals surface area contributed by atoms with Gasteiger partial charge in [0, 0.05) is 5.56 Å². The maximum atomic E-state index is 12.2. The first-order valence-electron chi connectivity index (χ1n) is 8.81. The summed E-state index contributed by atoms with van der Waals surface area (Å²) >= 11 is 0. The molecule has 0 radical (unpaired) electrons. The molecule has 0 N–H and O–H groups in total. The first-order valence-corrected chi connectivity index (χ1v) is 8.81. The summed E-state index contributed by atoms with van der Waals surface area (Å²) in [6.07, 6.45) is 8.58. The first kappa shape index (κ1) is 17.2. The maximum Gasteiger partial charge on any atom is 0.314 e. The minimum atomic E-state index is -0.150. The molecule has 0 unspecified atom stereocenters. The lowest BCUT2D eigenvalue weighted by atomic mass is 9.89. The van der Waals surface area contributed by atoms with Crippen molar-refractivity contribution in [1.29, 1.82) is 0 Å². The van der Waals surface area contributed by atoms with Crippen LogP contribution in [0.3, 0.4) is 0 Å². The Morgan fingerprint density at radius 1 is 0.880 bits per heavy atom. The molecule has 128 valence electrons. The average Bonchev–Trinajstić information content (AvgIpc) is 2.68. The Labute approximate surface area is 148 Å². The van der Waals surface area contributed by atoms with Crippen molar-refractivity contribution in [3.63, 3.8) is 0 Å². The van der Waals surface area contributed by atoms with Gasteiger partial charge in [0.15, 0.2) is 5.78 Å². The number of carbonyl (C=O) groups is 2. The molecule has 0 bridgehead atoms. The molecule has 2 aromatic carbocycles. The standard InChI is InChI=1S/C22H22O3/c23-21(16-11-17-7-3-1-4-8-17)18-12-14-20(15-13-18)25-22(24)19-9-5-2-6-10-19/h1,3-4,7-8,11-16,19H,2,5-6,9-10H2. The van der Waals surface area contributed by atoms with Gasteiger partial charge in [-0.05, 0) is 48.7 Å². The molecule has 2 aromatic rings. The van der Waals surface area contributed by atoms with Gasteiger partial charge in [-0.2, -0.15) is 0 Å². The third kappa shape index (κ3) is 4.90. The van der Waals surface area contributed by atoms with Crippen molar-refractivity contribution < 1.29 is 14.3 Å². The average molecular weight is 334 g/mol. The molecule has 3 heteroatoms. The van der Waals surface area contributed by atoms with Crippen molar-refractivity contribution in [2.75, 3.05) is 0 Å². The van der Waals surface area contributed by atoms with E-state index in [1.165, 1.54) is 6.42 Å². The second-order valence-corrected chi connectivity index (χ2v) is 6.39. The van der Waals surface area contributed by atoms with Crippen molar-refractivity contribution in [3.8, 4) is 5.75 Å². The monoisotopic (exact) mass is 334 g/mol. The van der Waals surface area contributed by atoms with Gasteiger partial charge in [-0.3, -0.25) is 9.59 Å². The van der Waals surface area contributed by atoms with Crippen molar-refractivity contribution in [2.45, 2.75) is 32.1 Å². The molecule has 0 aliphatic heterocycles. The predicted octanol–water partition coefficient (Wildman–Crippen LogP) is 5.07. The van der Waals surface area contributed by atoms with Gasteiger partial charge >= 0.3 is 5.97 Å². The van der Waals surface area contributed by atoms with E-state index in [0.29, 0.717) is 11.3 Å². The Morgan fingerprint density at radius 2 is 1.56 bits per heavy atom. The Bertz CT molecular complexity index is 739. The van der Waals surface area contributed by atoms with Crippen LogP contribution in [0.25, 0.3) is 6.08 Å². The lowest BCUT2D eigenvalue weighted by molar-refractivity contribution is -0.139. The van der Waals surface area contributed by atoms with E-state index in [1.54, 1.807) is 36.4 Å². The van der Waals surface area contributed by atoms with Gasteiger partial charge in [0.2, 0.25) is 0 Å².